The van der Waals surface area contributed by atoms with Crippen LogP contribution in [0.3, 0.4) is 0 Å². The zero-order chi connectivity index (χ0) is 14.8. The van der Waals surface area contributed by atoms with Crippen LogP contribution in [0.2, 0.25) is 0 Å². The second kappa shape index (κ2) is 5.14. The lowest BCUT2D eigenvalue weighted by molar-refractivity contribution is 0.0697. The van der Waals surface area contributed by atoms with Gasteiger partial charge >= 0.3 is 5.97 Å². The van der Waals surface area contributed by atoms with Gasteiger partial charge in [0.2, 0.25) is 0 Å². The molecule has 2 aromatic carbocycles. The van der Waals surface area contributed by atoms with Crippen LogP contribution in [0.5, 0.6) is 0 Å². The summed E-state index contributed by atoms with van der Waals surface area (Å²) in [6.07, 6.45) is 1.94. The van der Waals surface area contributed by atoms with Gasteiger partial charge in [0, 0.05) is 18.3 Å². The van der Waals surface area contributed by atoms with Crippen molar-refractivity contribution in [2.24, 2.45) is 0 Å². The highest BCUT2D eigenvalue weighted by molar-refractivity contribution is 5.93. The number of rotatable bonds is 3. The van der Waals surface area contributed by atoms with E-state index in [4.69, 9.17) is 10.4 Å². The third kappa shape index (κ3) is 2.49. The Morgan fingerprint density at radius 2 is 1.90 bits per heavy atom. The normalized spacial score (nSPS) is 10.4. The largest absolute Gasteiger partial charge is 0.478 e. The first-order chi connectivity index (χ1) is 10.2. The number of aromatic carboxylic acids is 1. The summed E-state index contributed by atoms with van der Waals surface area (Å²) in [6, 6.07) is 16.5. The van der Waals surface area contributed by atoms with E-state index in [1.807, 2.05) is 35.0 Å². The molecule has 3 aromatic rings. The molecule has 0 bridgehead atoms. The van der Waals surface area contributed by atoms with Crippen LogP contribution < -0.4 is 0 Å². The molecule has 0 radical (unpaired) electrons. The van der Waals surface area contributed by atoms with Crippen LogP contribution in [-0.2, 0) is 6.54 Å². The van der Waals surface area contributed by atoms with Crippen LogP contribution in [0, 0.1) is 11.3 Å². The van der Waals surface area contributed by atoms with Crippen LogP contribution in [0.25, 0.3) is 10.9 Å². The molecule has 4 nitrogen and oxygen atoms in total. The average Bonchev–Trinajstić information content (AvgIpc) is 2.90. The van der Waals surface area contributed by atoms with Gasteiger partial charge in [-0.2, -0.15) is 5.26 Å². The number of carbonyl (C=O) groups is 1. The Morgan fingerprint density at radius 3 is 2.57 bits per heavy atom. The van der Waals surface area contributed by atoms with Crippen molar-refractivity contribution >= 4 is 16.9 Å². The molecule has 0 saturated carbocycles. The van der Waals surface area contributed by atoms with E-state index in [-0.39, 0.29) is 5.56 Å². The summed E-state index contributed by atoms with van der Waals surface area (Å²) in [5.41, 5.74) is 2.86. The molecule has 4 heteroatoms. The summed E-state index contributed by atoms with van der Waals surface area (Å²) in [6.45, 7) is 0.637. The van der Waals surface area contributed by atoms with Gasteiger partial charge in [-0.3, -0.25) is 0 Å². The SMILES string of the molecule is N#Cc1ccc(Cn2ccc3ccc(C(=O)O)cc32)cc1. The molecular weight excluding hydrogens is 264 g/mol. The molecule has 21 heavy (non-hydrogen) atoms. The van der Waals surface area contributed by atoms with Crippen molar-refractivity contribution in [1.29, 1.82) is 5.26 Å². The molecule has 0 unspecified atom stereocenters. The van der Waals surface area contributed by atoms with E-state index in [0.29, 0.717) is 12.1 Å². The second-order valence-electron chi connectivity index (χ2n) is 4.83. The van der Waals surface area contributed by atoms with E-state index in [1.54, 1.807) is 24.3 Å². The van der Waals surface area contributed by atoms with E-state index in [9.17, 15) is 4.79 Å². The van der Waals surface area contributed by atoms with Gasteiger partial charge in [0.15, 0.2) is 0 Å². The molecule has 3 rings (SSSR count). The molecule has 1 aromatic heterocycles. The minimum absolute atomic E-state index is 0.280. The summed E-state index contributed by atoms with van der Waals surface area (Å²) < 4.78 is 2.00. The summed E-state index contributed by atoms with van der Waals surface area (Å²) >= 11 is 0. The van der Waals surface area contributed by atoms with Crippen LogP contribution in [0.15, 0.2) is 54.7 Å². The fourth-order valence-electron chi connectivity index (χ4n) is 2.34. The van der Waals surface area contributed by atoms with Gasteiger partial charge < -0.3 is 9.67 Å². The Kier molecular flexibility index (Phi) is 3.17. The van der Waals surface area contributed by atoms with Crippen molar-refractivity contribution in [3.05, 3.63) is 71.4 Å². The monoisotopic (exact) mass is 276 g/mol. The topological polar surface area (TPSA) is 66.0 Å². The van der Waals surface area contributed by atoms with Crippen molar-refractivity contribution in [1.82, 2.24) is 4.57 Å². The van der Waals surface area contributed by atoms with Crippen molar-refractivity contribution in [2.75, 3.05) is 0 Å². The van der Waals surface area contributed by atoms with Gasteiger partial charge in [-0.25, -0.2) is 4.79 Å². The number of nitrogens with zero attached hydrogens (tertiary/aromatic N) is 2. The highest BCUT2D eigenvalue weighted by Gasteiger charge is 2.07. The average molecular weight is 276 g/mol. The number of benzene rings is 2. The molecule has 0 aliphatic heterocycles. The van der Waals surface area contributed by atoms with Crippen molar-refractivity contribution in [2.45, 2.75) is 6.54 Å². The molecule has 0 aliphatic carbocycles. The van der Waals surface area contributed by atoms with Crippen LogP contribution in [0.1, 0.15) is 21.5 Å². The lowest BCUT2D eigenvalue weighted by Crippen LogP contribution is -2.00. The molecule has 0 aliphatic rings. The number of hydrogen-bond donors (Lipinski definition) is 1. The fraction of sp³-hybridized carbons (Fsp3) is 0.0588. The molecule has 0 atom stereocenters. The maximum Gasteiger partial charge on any atom is 0.335 e. The number of aromatic nitrogens is 1. The first-order valence-corrected chi connectivity index (χ1v) is 6.48. The maximum absolute atomic E-state index is 11.1. The zero-order valence-electron chi connectivity index (χ0n) is 11.2. The number of hydrogen-bond acceptors (Lipinski definition) is 2. The minimum Gasteiger partial charge on any atom is -0.478 e. The third-order valence-corrected chi connectivity index (χ3v) is 3.46. The summed E-state index contributed by atoms with van der Waals surface area (Å²) in [5.74, 6) is -0.928. The van der Waals surface area contributed by atoms with E-state index in [1.165, 1.54) is 0 Å². The van der Waals surface area contributed by atoms with Gasteiger partial charge in [-0.15, -0.1) is 0 Å². The lowest BCUT2D eigenvalue weighted by atomic mass is 10.1. The zero-order valence-corrected chi connectivity index (χ0v) is 11.2. The van der Waals surface area contributed by atoms with Gasteiger partial charge in [0.25, 0.3) is 0 Å². The second-order valence-corrected chi connectivity index (χ2v) is 4.83. The Hall–Kier alpha value is -3.06. The molecule has 0 saturated heterocycles. The van der Waals surface area contributed by atoms with Crippen LogP contribution >= 0.6 is 0 Å². The summed E-state index contributed by atoms with van der Waals surface area (Å²) in [5, 5.41) is 18.9. The highest BCUT2D eigenvalue weighted by Crippen LogP contribution is 2.19. The van der Waals surface area contributed by atoms with Gasteiger partial charge in [-0.1, -0.05) is 18.2 Å². The third-order valence-electron chi connectivity index (χ3n) is 3.46. The Balaban J connectivity index is 1.98. The standard InChI is InChI=1S/C17H12N2O2/c18-10-12-1-3-13(4-2-12)11-19-8-7-14-5-6-15(17(20)21)9-16(14)19/h1-9H,11H2,(H,20,21). The van der Waals surface area contributed by atoms with Gasteiger partial charge in [0.05, 0.1) is 17.2 Å². The van der Waals surface area contributed by atoms with Crippen molar-refractivity contribution in [3.63, 3.8) is 0 Å². The maximum atomic E-state index is 11.1. The van der Waals surface area contributed by atoms with E-state index < -0.39 is 5.97 Å². The quantitative estimate of drug-likeness (QED) is 0.798. The first kappa shape index (κ1) is 12.9. The Morgan fingerprint density at radius 1 is 1.14 bits per heavy atom. The Bertz CT molecular complexity index is 855. The van der Waals surface area contributed by atoms with E-state index >= 15 is 0 Å². The number of nitriles is 1. The Labute approximate surface area is 121 Å². The molecule has 1 N–H and O–H groups in total. The molecule has 1 heterocycles. The predicted molar refractivity (Wildman–Crippen MR) is 79.2 cm³/mol. The van der Waals surface area contributed by atoms with E-state index in [2.05, 4.69) is 6.07 Å². The fourth-order valence-corrected chi connectivity index (χ4v) is 2.34. The van der Waals surface area contributed by atoms with Crippen molar-refractivity contribution < 1.29 is 9.90 Å². The highest BCUT2D eigenvalue weighted by atomic mass is 16.4. The minimum atomic E-state index is -0.928. The van der Waals surface area contributed by atoms with Crippen LogP contribution in [-0.4, -0.2) is 15.6 Å². The summed E-state index contributed by atoms with van der Waals surface area (Å²) in [4.78, 5) is 11.1. The number of carboxylic acids is 1. The van der Waals surface area contributed by atoms with Crippen LogP contribution in [0.4, 0.5) is 0 Å². The molecule has 102 valence electrons. The van der Waals surface area contributed by atoms with Crippen molar-refractivity contribution in [3.8, 4) is 6.07 Å². The number of carboxylic acid groups (broad SMARTS) is 1. The first-order valence-electron chi connectivity index (χ1n) is 6.48. The predicted octanol–water partition coefficient (Wildman–Crippen LogP) is 3.26. The van der Waals surface area contributed by atoms with Gasteiger partial charge in [0.1, 0.15) is 0 Å². The number of fused-ring (bicyclic) bond motifs is 1. The molecule has 0 spiro atoms. The summed E-state index contributed by atoms with van der Waals surface area (Å²) in [7, 11) is 0. The van der Waals surface area contributed by atoms with E-state index in [0.717, 1.165) is 16.5 Å². The smallest absolute Gasteiger partial charge is 0.335 e. The molecule has 0 fully saturated rings. The lowest BCUT2D eigenvalue weighted by Gasteiger charge is -2.06. The molecular formula is C17H12N2O2. The van der Waals surface area contributed by atoms with Gasteiger partial charge in [-0.05, 0) is 41.3 Å². The molecule has 0 amide bonds.